The van der Waals surface area contributed by atoms with Crippen LogP contribution in [0.1, 0.15) is 69.4 Å². The van der Waals surface area contributed by atoms with Crippen LogP contribution in [0.15, 0.2) is 24.3 Å². The zero-order valence-electron chi connectivity index (χ0n) is 14.0. The maximum absolute atomic E-state index is 3.86. The second kappa shape index (κ2) is 9.25. The first-order valence-corrected chi connectivity index (χ1v) is 9.09. The van der Waals surface area contributed by atoms with E-state index in [1.54, 1.807) is 0 Å². The lowest BCUT2D eigenvalue weighted by molar-refractivity contribution is 0.305. The molecule has 1 aliphatic rings. The van der Waals surface area contributed by atoms with E-state index in [1.165, 1.54) is 75.5 Å². The van der Waals surface area contributed by atoms with E-state index in [9.17, 15) is 0 Å². The van der Waals surface area contributed by atoms with Crippen molar-refractivity contribution in [1.82, 2.24) is 5.32 Å². The summed E-state index contributed by atoms with van der Waals surface area (Å²) in [7, 11) is 0. The highest BCUT2D eigenvalue weighted by molar-refractivity contribution is 5.25. The van der Waals surface area contributed by atoms with Crippen LogP contribution < -0.4 is 5.32 Å². The summed E-state index contributed by atoms with van der Waals surface area (Å²) in [4.78, 5) is 0. The minimum atomic E-state index is 0.725. The number of benzene rings is 1. The molecule has 1 atom stereocenters. The molecule has 1 aliphatic carbocycles. The molecule has 0 aliphatic heterocycles. The summed E-state index contributed by atoms with van der Waals surface area (Å²) < 4.78 is 0. The van der Waals surface area contributed by atoms with E-state index in [0.29, 0.717) is 0 Å². The zero-order valence-corrected chi connectivity index (χ0v) is 14.0. The first-order chi connectivity index (χ1) is 10.3. The smallest absolute Gasteiger partial charge is 0.00984 e. The Hall–Kier alpha value is -0.820. The van der Waals surface area contributed by atoms with E-state index < -0.39 is 0 Å². The summed E-state index contributed by atoms with van der Waals surface area (Å²) in [6.45, 7) is 5.70. The number of nitrogens with one attached hydrogen (secondary N) is 1. The molecule has 2 rings (SSSR count). The number of rotatable bonds is 7. The summed E-state index contributed by atoms with van der Waals surface area (Å²) in [6, 6.07) is 9.61. The predicted molar refractivity (Wildman–Crippen MR) is 92.8 cm³/mol. The highest BCUT2D eigenvalue weighted by atomic mass is 14.9. The van der Waals surface area contributed by atoms with Gasteiger partial charge in [0, 0.05) is 6.04 Å². The van der Waals surface area contributed by atoms with Gasteiger partial charge in [-0.05, 0) is 62.6 Å². The van der Waals surface area contributed by atoms with Crippen molar-refractivity contribution in [3.8, 4) is 0 Å². The molecule has 0 bridgehead atoms. The van der Waals surface area contributed by atoms with Crippen LogP contribution in [0.2, 0.25) is 0 Å². The summed E-state index contributed by atoms with van der Waals surface area (Å²) in [5, 5.41) is 3.86. The topological polar surface area (TPSA) is 12.0 Å². The van der Waals surface area contributed by atoms with Gasteiger partial charge >= 0.3 is 0 Å². The third-order valence-corrected chi connectivity index (χ3v) is 5.11. The van der Waals surface area contributed by atoms with Crippen LogP contribution in [-0.2, 0) is 6.42 Å². The number of aryl methyl sites for hydroxylation is 2. The Labute approximate surface area is 131 Å². The minimum Gasteiger partial charge on any atom is -0.314 e. The van der Waals surface area contributed by atoms with Crippen molar-refractivity contribution in [3.05, 3.63) is 35.4 Å². The molecule has 21 heavy (non-hydrogen) atoms. The van der Waals surface area contributed by atoms with Gasteiger partial charge in [-0.25, -0.2) is 0 Å². The van der Waals surface area contributed by atoms with Gasteiger partial charge in [-0.1, -0.05) is 56.9 Å². The predicted octanol–water partition coefficient (Wildman–Crippen LogP) is 5.27. The molecule has 1 unspecified atom stereocenters. The molecule has 1 heteroatoms. The Balaban J connectivity index is 1.93. The summed E-state index contributed by atoms with van der Waals surface area (Å²) in [5.74, 6) is 0.906. The first kappa shape index (κ1) is 16.5. The molecule has 1 saturated carbocycles. The molecular weight excluding hydrogens is 254 g/mol. The molecule has 1 aromatic carbocycles. The van der Waals surface area contributed by atoms with Gasteiger partial charge in [0.2, 0.25) is 0 Å². The maximum atomic E-state index is 3.86. The van der Waals surface area contributed by atoms with E-state index in [-0.39, 0.29) is 0 Å². The molecule has 0 saturated heterocycles. The van der Waals surface area contributed by atoms with Gasteiger partial charge in [0.15, 0.2) is 0 Å². The molecule has 0 heterocycles. The quantitative estimate of drug-likeness (QED) is 0.674. The minimum absolute atomic E-state index is 0.725. The SMILES string of the molecule is CCCNC(CCc1ccccc1C)C1CCCCCC1. The lowest BCUT2D eigenvalue weighted by atomic mass is 9.87. The largest absolute Gasteiger partial charge is 0.314 e. The number of hydrogen-bond acceptors (Lipinski definition) is 1. The van der Waals surface area contributed by atoms with Crippen molar-refractivity contribution >= 4 is 0 Å². The van der Waals surface area contributed by atoms with Gasteiger partial charge in [-0.3, -0.25) is 0 Å². The average Bonchev–Trinajstić information content (AvgIpc) is 2.78. The van der Waals surface area contributed by atoms with Crippen LogP contribution in [0.5, 0.6) is 0 Å². The Bertz CT molecular complexity index is 391. The Morgan fingerprint density at radius 3 is 2.48 bits per heavy atom. The van der Waals surface area contributed by atoms with Crippen molar-refractivity contribution in [2.75, 3.05) is 6.54 Å². The highest BCUT2D eigenvalue weighted by Crippen LogP contribution is 2.28. The van der Waals surface area contributed by atoms with Crippen LogP contribution >= 0.6 is 0 Å². The van der Waals surface area contributed by atoms with E-state index in [2.05, 4.69) is 43.4 Å². The first-order valence-electron chi connectivity index (χ1n) is 9.09. The van der Waals surface area contributed by atoms with Crippen molar-refractivity contribution in [1.29, 1.82) is 0 Å². The fourth-order valence-electron chi connectivity index (χ4n) is 3.75. The lowest BCUT2D eigenvalue weighted by Crippen LogP contribution is -2.37. The molecule has 1 nitrogen and oxygen atoms in total. The van der Waals surface area contributed by atoms with E-state index in [1.807, 2.05) is 0 Å². The Morgan fingerprint density at radius 2 is 1.81 bits per heavy atom. The van der Waals surface area contributed by atoms with Gasteiger partial charge < -0.3 is 5.32 Å². The van der Waals surface area contributed by atoms with Crippen molar-refractivity contribution < 1.29 is 0 Å². The van der Waals surface area contributed by atoms with Crippen molar-refractivity contribution in [2.24, 2.45) is 5.92 Å². The fraction of sp³-hybridized carbons (Fsp3) is 0.700. The standard InChI is InChI=1S/C20H33N/c1-3-16-21-20(19-12-6-4-5-7-13-19)15-14-18-11-9-8-10-17(18)2/h8-11,19-21H,3-7,12-16H2,1-2H3. The van der Waals surface area contributed by atoms with Crippen molar-refractivity contribution in [2.45, 2.75) is 77.7 Å². The van der Waals surface area contributed by atoms with Gasteiger partial charge in [-0.2, -0.15) is 0 Å². The number of hydrogen-bond donors (Lipinski definition) is 1. The summed E-state index contributed by atoms with van der Waals surface area (Å²) in [6.07, 6.45) is 12.4. The third kappa shape index (κ3) is 5.47. The second-order valence-electron chi connectivity index (χ2n) is 6.78. The van der Waals surface area contributed by atoms with Gasteiger partial charge in [-0.15, -0.1) is 0 Å². The van der Waals surface area contributed by atoms with E-state index >= 15 is 0 Å². The summed E-state index contributed by atoms with van der Waals surface area (Å²) in [5.41, 5.74) is 2.99. The van der Waals surface area contributed by atoms with Crippen LogP contribution in [0.4, 0.5) is 0 Å². The molecule has 0 spiro atoms. The Morgan fingerprint density at radius 1 is 1.10 bits per heavy atom. The maximum Gasteiger partial charge on any atom is 0.00984 e. The van der Waals surface area contributed by atoms with Crippen LogP contribution in [-0.4, -0.2) is 12.6 Å². The molecule has 0 aromatic heterocycles. The highest BCUT2D eigenvalue weighted by Gasteiger charge is 2.22. The van der Waals surface area contributed by atoms with Crippen LogP contribution in [0.3, 0.4) is 0 Å². The second-order valence-corrected chi connectivity index (χ2v) is 6.78. The van der Waals surface area contributed by atoms with E-state index in [0.717, 1.165) is 12.0 Å². The molecular formula is C20H33N. The normalized spacial score (nSPS) is 18.4. The van der Waals surface area contributed by atoms with Gasteiger partial charge in [0.25, 0.3) is 0 Å². The monoisotopic (exact) mass is 287 g/mol. The average molecular weight is 287 g/mol. The molecule has 0 amide bonds. The van der Waals surface area contributed by atoms with Crippen LogP contribution in [0.25, 0.3) is 0 Å². The molecule has 1 N–H and O–H groups in total. The Kier molecular flexibility index (Phi) is 7.29. The third-order valence-electron chi connectivity index (χ3n) is 5.11. The van der Waals surface area contributed by atoms with Gasteiger partial charge in [0.1, 0.15) is 0 Å². The summed E-state index contributed by atoms with van der Waals surface area (Å²) >= 11 is 0. The van der Waals surface area contributed by atoms with Gasteiger partial charge in [0.05, 0.1) is 0 Å². The molecule has 0 radical (unpaired) electrons. The zero-order chi connectivity index (χ0) is 14.9. The van der Waals surface area contributed by atoms with E-state index in [4.69, 9.17) is 0 Å². The lowest BCUT2D eigenvalue weighted by Gasteiger charge is -2.27. The molecule has 1 aromatic rings. The fourth-order valence-corrected chi connectivity index (χ4v) is 3.75. The molecule has 118 valence electrons. The van der Waals surface area contributed by atoms with Crippen LogP contribution in [0, 0.1) is 12.8 Å². The van der Waals surface area contributed by atoms with Crippen molar-refractivity contribution in [3.63, 3.8) is 0 Å². The molecule has 1 fully saturated rings.